The van der Waals surface area contributed by atoms with Crippen molar-refractivity contribution in [3.63, 3.8) is 0 Å². The summed E-state index contributed by atoms with van der Waals surface area (Å²) in [7, 11) is 0. The Hall–Kier alpha value is -2.63. The molecule has 0 bridgehead atoms. The second-order valence-electron chi connectivity index (χ2n) is 7.45. The molecule has 1 aliphatic rings. The van der Waals surface area contributed by atoms with Crippen molar-refractivity contribution in [1.82, 2.24) is 9.97 Å². The summed E-state index contributed by atoms with van der Waals surface area (Å²) < 4.78 is 5.67. The molecule has 1 atom stereocenters. The Labute approximate surface area is 167 Å². The third kappa shape index (κ3) is 5.44. The number of nitrogens with zero attached hydrogens (tertiary/aromatic N) is 3. The van der Waals surface area contributed by atoms with Crippen LogP contribution in [0.1, 0.15) is 44.0 Å². The van der Waals surface area contributed by atoms with Crippen LogP contribution in [-0.2, 0) is 4.79 Å². The van der Waals surface area contributed by atoms with Crippen molar-refractivity contribution in [2.24, 2.45) is 5.92 Å². The predicted octanol–water partition coefficient (Wildman–Crippen LogP) is 4.13. The van der Waals surface area contributed by atoms with Crippen LogP contribution in [0.2, 0.25) is 0 Å². The van der Waals surface area contributed by atoms with Gasteiger partial charge in [0, 0.05) is 30.2 Å². The molecule has 1 aliphatic heterocycles. The minimum Gasteiger partial charge on any atom is -0.494 e. The predicted molar refractivity (Wildman–Crippen MR) is 112 cm³/mol. The molecule has 0 spiro atoms. The van der Waals surface area contributed by atoms with E-state index in [1.807, 2.05) is 44.2 Å². The highest BCUT2D eigenvalue weighted by atomic mass is 16.5. The van der Waals surface area contributed by atoms with Gasteiger partial charge in [0.25, 0.3) is 0 Å². The number of piperidine rings is 1. The van der Waals surface area contributed by atoms with Crippen LogP contribution in [0.3, 0.4) is 0 Å². The summed E-state index contributed by atoms with van der Waals surface area (Å²) in [6, 6.07) is 9.57. The van der Waals surface area contributed by atoms with E-state index in [4.69, 9.17) is 4.74 Å². The number of anilines is 2. The van der Waals surface area contributed by atoms with E-state index < -0.39 is 0 Å². The molecule has 1 aromatic carbocycles. The Bertz CT molecular complexity index is 771. The van der Waals surface area contributed by atoms with Gasteiger partial charge in [-0.05, 0) is 63.4 Å². The van der Waals surface area contributed by atoms with Gasteiger partial charge in [-0.15, -0.1) is 0 Å². The van der Waals surface area contributed by atoms with E-state index in [9.17, 15) is 4.79 Å². The van der Waals surface area contributed by atoms with Gasteiger partial charge in [0.1, 0.15) is 5.75 Å². The van der Waals surface area contributed by atoms with E-state index in [-0.39, 0.29) is 11.8 Å². The maximum absolute atomic E-state index is 12.8. The third-order valence-electron chi connectivity index (χ3n) is 4.93. The van der Waals surface area contributed by atoms with E-state index in [0.29, 0.717) is 6.54 Å². The smallest absolute Gasteiger partial charge is 0.229 e. The molecular formula is C22H30N4O2. The number of hydrogen-bond acceptors (Lipinski definition) is 5. The second-order valence-corrected chi connectivity index (χ2v) is 7.45. The van der Waals surface area contributed by atoms with E-state index in [2.05, 4.69) is 27.1 Å². The largest absolute Gasteiger partial charge is 0.494 e. The summed E-state index contributed by atoms with van der Waals surface area (Å²) >= 11 is 0. The molecule has 28 heavy (non-hydrogen) atoms. The fraction of sp³-hybridized carbons (Fsp3) is 0.500. The van der Waals surface area contributed by atoms with Gasteiger partial charge in [-0.2, -0.15) is 0 Å². The summed E-state index contributed by atoms with van der Waals surface area (Å²) in [6.45, 7) is 8.34. The van der Waals surface area contributed by atoms with Gasteiger partial charge in [-0.1, -0.05) is 13.3 Å². The number of benzene rings is 1. The summed E-state index contributed by atoms with van der Waals surface area (Å²) in [4.78, 5) is 24.0. The van der Waals surface area contributed by atoms with Gasteiger partial charge in [-0.3, -0.25) is 4.79 Å². The summed E-state index contributed by atoms with van der Waals surface area (Å²) in [5, 5.41) is 3.04. The Morgan fingerprint density at radius 3 is 2.61 bits per heavy atom. The van der Waals surface area contributed by atoms with Crippen molar-refractivity contribution in [3.05, 3.63) is 41.7 Å². The Kier molecular flexibility index (Phi) is 6.85. The molecule has 3 rings (SSSR count). The Morgan fingerprint density at radius 2 is 1.93 bits per heavy atom. The number of rotatable bonds is 7. The van der Waals surface area contributed by atoms with Gasteiger partial charge >= 0.3 is 0 Å². The maximum Gasteiger partial charge on any atom is 0.229 e. The van der Waals surface area contributed by atoms with Gasteiger partial charge < -0.3 is 15.0 Å². The minimum atomic E-state index is -0.0707. The SMILES string of the molecule is CCCCOc1ccc(NC(=O)[C@@H]2CCCN(c3nc(C)cc(C)n3)C2)cc1. The molecule has 6 heteroatoms. The first-order valence-electron chi connectivity index (χ1n) is 10.2. The van der Waals surface area contributed by atoms with Crippen LogP contribution >= 0.6 is 0 Å². The lowest BCUT2D eigenvalue weighted by Gasteiger charge is -2.32. The highest BCUT2D eigenvalue weighted by Crippen LogP contribution is 2.23. The van der Waals surface area contributed by atoms with Crippen molar-refractivity contribution < 1.29 is 9.53 Å². The van der Waals surface area contributed by atoms with Gasteiger partial charge in [0.2, 0.25) is 11.9 Å². The van der Waals surface area contributed by atoms with Crippen LogP contribution in [0.25, 0.3) is 0 Å². The number of aromatic nitrogens is 2. The van der Waals surface area contributed by atoms with Crippen LogP contribution in [-0.4, -0.2) is 35.6 Å². The number of carbonyl (C=O) groups excluding carboxylic acids is 1. The lowest BCUT2D eigenvalue weighted by atomic mass is 9.97. The molecule has 0 aliphatic carbocycles. The highest BCUT2D eigenvalue weighted by Gasteiger charge is 2.27. The van der Waals surface area contributed by atoms with Crippen molar-refractivity contribution in [2.75, 3.05) is 29.9 Å². The van der Waals surface area contributed by atoms with Crippen LogP contribution in [0.15, 0.2) is 30.3 Å². The molecule has 2 heterocycles. The fourth-order valence-electron chi connectivity index (χ4n) is 3.43. The number of ether oxygens (including phenoxy) is 1. The molecular weight excluding hydrogens is 352 g/mol. The molecule has 1 aromatic heterocycles. The summed E-state index contributed by atoms with van der Waals surface area (Å²) in [5.41, 5.74) is 2.71. The van der Waals surface area contributed by atoms with Crippen LogP contribution in [0, 0.1) is 19.8 Å². The molecule has 0 unspecified atom stereocenters. The first-order valence-corrected chi connectivity index (χ1v) is 10.2. The van der Waals surface area contributed by atoms with E-state index in [0.717, 1.165) is 67.6 Å². The normalized spacial score (nSPS) is 16.7. The van der Waals surface area contributed by atoms with Crippen molar-refractivity contribution in [1.29, 1.82) is 0 Å². The number of carbonyl (C=O) groups is 1. The number of unbranched alkanes of at least 4 members (excludes halogenated alkanes) is 1. The maximum atomic E-state index is 12.8. The van der Waals surface area contributed by atoms with Gasteiger partial charge in [0.05, 0.1) is 12.5 Å². The summed E-state index contributed by atoms with van der Waals surface area (Å²) in [6.07, 6.45) is 3.99. The fourth-order valence-corrected chi connectivity index (χ4v) is 3.43. The minimum absolute atomic E-state index is 0.0497. The van der Waals surface area contributed by atoms with Gasteiger partial charge in [-0.25, -0.2) is 9.97 Å². The van der Waals surface area contributed by atoms with Crippen molar-refractivity contribution in [3.8, 4) is 5.75 Å². The van der Waals surface area contributed by atoms with Crippen LogP contribution < -0.4 is 15.0 Å². The average molecular weight is 383 g/mol. The number of amides is 1. The number of hydrogen-bond donors (Lipinski definition) is 1. The highest BCUT2D eigenvalue weighted by molar-refractivity contribution is 5.93. The zero-order valence-corrected chi connectivity index (χ0v) is 17.1. The molecule has 0 radical (unpaired) electrons. The Morgan fingerprint density at radius 1 is 1.21 bits per heavy atom. The quantitative estimate of drug-likeness (QED) is 0.730. The molecule has 2 aromatic rings. The van der Waals surface area contributed by atoms with Crippen molar-refractivity contribution >= 4 is 17.5 Å². The Balaban J connectivity index is 1.58. The second kappa shape index (κ2) is 9.53. The van der Waals surface area contributed by atoms with Crippen molar-refractivity contribution in [2.45, 2.75) is 46.5 Å². The number of aryl methyl sites for hydroxylation is 2. The van der Waals surface area contributed by atoms with Crippen LogP contribution in [0.5, 0.6) is 5.75 Å². The zero-order valence-electron chi connectivity index (χ0n) is 17.1. The monoisotopic (exact) mass is 382 g/mol. The van der Waals surface area contributed by atoms with E-state index in [1.165, 1.54) is 0 Å². The molecule has 1 amide bonds. The summed E-state index contributed by atoms with van der Waals surface area (Å²) in [5.74, 6) is 1.54. The average Bonchev–Trinajstić information content (AvgIpc) is 2.69. The van der Waals surface area contributed by atoms with E-state index in [1.54, 1.807) is 0 Å². The third-order valence-corrected chi connectivity index (χ3v) is 4.93. The van der Waals surface area contributed by atoms with Gasteiger partial charge in [0.15, 0.2) is 0 Å². The van der Waals surface area contributed by atoms with E-state index >= 15 is 0 Å². The lowest BCUT2D eigenvalue weighted by Crippen LogP contribution is -2.41. The topological polar surface area (TPSA) is 67.3 Å². The zero-order chi connectivity index (χ0) is 19.9. The number of nitrogens with one attached hydrogen (secondary N) is 1. The molecule has 1 saturated heterocycles. The molecule has 1 N–H and O–H groups in total. The molecule has 150 valence electrons. The molecule has 0 saturated carbocycles. The lowest BCUT2D eigenvalue weighted by molar-refractivity contribution is -0.120. The first-order chi connectivity index (χ1) is 13.5. The molecule has 1 fully saturated rings. The standard InChI is InChI=1S/C22H30N4O2/c1-4-5-13-28-20-10-8-19(9-11-20)25-21(27)18-7-6-12-26(15-18)22-23-16(2)14-17(3)24-22/h8-11,14,18H,4-7,12-13,15H2,1-3H3,(H,25,27)/t18-/m1/s1. The molecule has 6 nitrogen and oxygen atoms in total. The first kappa shape index (κ1) is 20.1. The van der Waals surface area contributed by atoms with Crippen LogP contribution in [0.4, 0.5) is 11.6 Å².